The first-order valence-electron chi connectivity index (χ1n) is 9.02. The molecule has 6 heteroatoms. The van der Waals surface area contributed by atoms with Crippen LogP contribution in [0.25, 0.3) is 5.69 Å². The maximum absolute atomic E-state index is 6.20. The average molecular weight is 342 g/mol. The van der Waals surface area contributed by atoms with Crippen molar-refractivity contribution in [3.63, 3.8) is 0 Å². The lowest BCUT2D eigenvalue weighted by Crippen LogP contribution is -2.55. The molecule has 3 heterocycles. The molecular weight excluding hydrogens is 316 g/mol. The number of ether oxygens (including phenoxy) is 2. The summed E-state index contributed by atoms with van der Waals surface area (Å²) in [6.45, 7) is 5.73. The van der Waals surface area contributed by atoms with E-state index in [2.05, 4.69) is 27.4 Å². The van der Waals surface area contributed by atoms with Gasteiger partial charge in [0.25, 0.3) is 0 Å². The van der Waals surface area contributed by atoms with Crippen LogP contribution in [0.4, 0.5) is 0 Å². The van der Waals surface area contributed by atoms with Crippen molar-refractivity contribution < 1.29 is 9.47 Å². The first-order chi connectivity index (χ1) is 12.3. The van der Waals surface area contributed by atoms with Gasteiger partial charge in [0.05, 0.1) is 25.0 Å². The number of methoxy groups -OCH3 is 1. The number of piperidine rings is 1. The lowest BCUT2D eigenvalue weighted by Gasteiger charge is -2.45. The Hall–Kier alpha value is -1.89. The van der Waals surface area contributed by atoms with E-state index < -0.39 is 0 Å². The zero-order chi connectivity index (χ0) is 17.1. The maximum Gasteiger partial charge on any atom is 0.119 e. The normalized spacial score (nSPS) is 20.7. The van der Waals surface area contributed by atoms with Gasteiger partial charge in [-0.15, -0.1) is 0 Å². The van der Waals surface area contributed by atoms with Gasteiger partial charge in [0.15, 0.2) is 0 Å². The van der Waals surface area contributed by atoms with Crippen LogP contribution in [0.2, 0.25) is 0 Å². The van der Waals surface area contributed by atoms with Crippen LogP contribution in [0, 0.1) is 0 Å². The molecule has 0 atom stereocenters. The largest absolute Gasteiger partial charge is 0.497 e. The number of hydrogen-bond donors (Lipinski definition) is 1. The molecule has 1 spiro atoms. The Morgan fingerprint density at radius 3 is 2.96 bits per heavy atom. The zero-order valence-corrected chi connectivity index (χ0v) is 14.8. The minimum atomic E-state index is 0.0221. The van der Waals surface area contributed by atoms with E-state index in [4.69, 9.17) is 9.47 Å². The van der Waals surface area contributed by atoms with Crippen molar-refractivity contribution in [2.24, 2.45) is 0 Å². The van der Waals surface area contributed by atoms with Crippen LogP contribution < -0.4 is 10.1 Å². The number of morpholine rings is 1. The average Bonchev–Trinajstić information content (AvgIpc) is 3.17. The summed E-state index contributed by atoms with van der Waals surface area (Å²) in [5.41, 5.74) is 2.36. The van der Waals surface area contributed by atoms with Gasteiger partial charge < -0.3 is 14.8 Å². The summed E-state index contributed by atoms with van der Waals surface area (Å²) < 4.78 is 13.6. The van der Waals surface area contributed by atoms with Crippen molar-refractivity contribution in [2.75, 3.05) is 39.9 Å². The molecule has 2 fully saturated rings. The zero-order valence-electron chi connectivity index (χ0n) is 14.8. The second-order valence-electron chi connectivity index (χ2n) is 6.94. The fraction of sp³-hybridized carbons (Fsp3) is 0.526. The standard InChI is InChI=1S/C19H26N4O2/c1-24-17-3-4-18(23-10-2-7-21-23)16(13-17)14-22-11-12-25-19(15-22)5-8-20-9-6-19/h2-4,7,10,13,20H,5-6,8-9,11-12,14-15H2,1H3. The van der Waals surface area contributed by atoms with Crippen molar-refractivity contribution in [3.8, 4) is 11.4 Å². The lowest BCUT2D eigenvalue weighted by molar-refractivity contribution is -0.125. The fourth-order valence-electron chi connectivity index (χ4n) is 3.93. The molecule has 0 bridgehead atoms. The monoisotopic (exact) mass is 342 g/mol. The molecule has 2 aromatic rings. The molecule has 0 unspecified atom stereocenters. The number of benzene rings is 1. The summed E-state index contributed by atoms with van der Waals surface area (Å²) in [5, 5.41) is 7.84. The number of nitrogens with zero attached hydrogens (tertiary/aromatic N) is 3. The van der Waals surface area contributed by atoms with Gasteiger partial charge in [-0.1, -0.05) is 0 Å². The quantitative estimate of drug-likeness (QED) is 0.919. The highest BCUT2D eigenvalue weighted by molar-refractivity contribution is 5.45. The smallest absolute Gasteiger partial charge is 0.119 e. The molecule has 1 N–H and O–H groups in total. The van der Waals surface area contributed by atoms with Crippen LogP contribution in [0.5, 0.6) is 5.75 Å². The Balaban J connectivity index is 1.57. The van der Waals surface area contributed by atoms with Crippen LogP contribution >= 0.6 is 0 Å². The van der Waals surface area contributed by atoms with Crippen LogP contribution in [-0.2, 0) is 11.3 Å². The third-order valence-electron chi connectivity index (χ3n) is 5.27. The van der Waals surface area contributed by atoms with E-state index in [0.29, 0.717) is 0 Å². The minimum Gasteiger partial charge on any atom is -0.497 e. The third kappa shape index (κ3) is 3.56. The molecule has 1 aromatic carbocycles. The molecule has 6 nitrogen and oxygen atoms in total. The Morgan fingerprint density at radius 1 is 1.32 bits per heavy atom. The van der Waals surface area contributed by atoms with E-state index in [1.165, 1.54) is 5.56 Å². The lowest BCUT2D eigenvalue weighted by atomic mass is 9.90. The topological polar surface area (TPSA) is 51.5 Å². The van der Waals surface area contributed by atoms with Gasteiger partial charge in [0.1, 0.15) is 5.75 Å². The number of nitrogens with one attached hydrogen (secondary N) is 1. The van der Waals surface area contributed by atoms with E-state index in [9.17, 15) is 0 Å². The van der Waals surface area contributed by atoms with Crippen molar-refractivity contribution >= 4 is 0 Å². The summed E-state index contributed by atoms with van der Waals surface area (Å²) in [5.74, 6) is 0.885. The molecule has 4 rings (SSSR count). The molecule has 0 saturated carbocycles. The van der Waals surface area contributed by atoms with E-state index in [0.717, 1.165) is 63.6 Å². The number of aromatic nitrogens is 2. The Kier molecular flexibility index (Phi) is 4.74. The summed E-state index contributed by atoms with van der Waals surface area (Å²) in [6.07, 6.45) is 5.98. The molecule has 134 valence electrons. The third-order valence-corrected chi connectivity index (χ3v) is 5.27. The molecule has 0 radical (unpaired) electrons. The van der Waals surface area contributed by atoms with Crippen molar-refractivity contribution in [3.05, 3.63) is 42.2 Å². The van der Waals surface area contributed by atoms with Gasteiger partial charge in [0, 0.05) is 32.0 Å². The van der Waals surface area contributed by atoms with E-state index >= 15 is 0 Å². The second-order valence-corrected chi connectivity index (χ2v) is 6.94. The number of hydrogen-bond acceptors (Lipinski definition) is 5. The van der Waals surface area contributed by atoms with Gasteiger partial charge in [-0.2, -0.15) is 5.10 Å². The maximum atomic E-state index is 6.20. The Labute approximate surface area is 148 Å². The first kappa shape index (κ1) is 16.6. The molecule has 0 amide bonds. The molecule has 0 aliphatic carbocycles. The highest BCUT2D eigenvalue weighted by Gasteiger charge is 2.37. The predicted octanol–water partition coefficient (Wildman–Crippen LogP) is 1.84. The fourth-order valence-corrected chi connectivity index (χ4v) is 3.93. The number of rotatable bonds is 4. The molecular formula is C19H26N4O2. The summed E-state index contributed by atoms with van der Waals surface area (Å²) in [6, 6.07) is 8.16. The SMILES string of the molecule is COc1ccc(-n2cccn2)c(CN2CCOC3(CCNCC3)C2)c1. The van der Waals surface area contributed by atoms with Gasteiger partial charge in [-0.05, 0) is 55.8 Å². The Morgan fingerprint density at radius 2 is 2.20 bits per heavy atom. The van der Waals surface area contributed by atoms with Crippen LogP contribution in [-0.4, -0.2) is 60.2 Å². The Bertz CT molecular complexity index is 690. The van der Waals surface area contributed by atoms with Gasteiger partial charge >= 0.3 is 0 Å². The first-order valence-corrected chi connectivity index (χ1v) is 9.02. The van der Waals surface area contributed by atoms with Crippen LogP contribution in [0.1, 0.15) is 18.4 Å². The summed E-state index contributed by atoms with van der Waals surface area (Å²) in [4.78, 5) is 2.51. The van der Waals surface area contributed by atoms with Crippen LogP contribution in [0.3, 0.4) is 0 Å². The minimum absolute atomic E-state index is 0.0221. The van der Waals surface area contributed by atoms with Gasteiger partial charge in [-0.25, -0.2) is 4.68 Å². The van der Waals surface area contributed by atoms with E-state index in [1.54, 1.807) is 7.11 Å². The highest BCUT2D eigenvalue weighted by atomic mass is 16.5. The van der Waals surface area contributed by atoms with Crippen molar-refractivity contribution in [2.45, 2.75) is 25.0 Å². The molecule has 2 saturated heterocycles. The van der Waals surface area contributed by atoms with E-state index in [-0.39, 0.29) is 5.60 Å². The van der Waals surface area contributed by atoms with Crippen LogP contribution in [0.15, 0.2) is 36.7 Å². The molecule has 1 aromatic heterocycles. The van der Waals surface area contributed by atoms with Crippen molar-refractivity contribution in [1.82, 2.24) is 20.0 Å². The highest BCUT2D eigenvalue weighted by Crippen LogP contribution is 2.29. The molecule has 25 heavy (non-hydrogen) atoms. The summed E-state index contributed by atoms with van der Waals surface area (Å²) in [7, 11) is 1.71. The molecule has 2 aliphatic heterocycles. The van der Waals surface area contributed by atoms with Gasteiger partial charge in [0.2, 0.25) is 0 Å². The summed E-state index contributed by atoms with van der Waals surface area (Å²) >= 11 is 0. The second kappa shape index (κ2) is 7.15. The molecule has 2 aliphatic rings. The van der Waals surface area contributed by atoms with Crippen molar-refractivity contribution in [1.29, 1.82) is 0 Å². The van der Waals surface area contributed by atoms with Gasteiger partial charge in [-0.3, -0.25) is 4.90 Å². The predicted molar refractivity (Wildman–Crippen MR) is 96.2 cm³/mol. The van der Waals surface area contributed by atoms with E-state index in [1.807, 2.05) is 29.2 Å².